The van der Waals surface area contributed by atoms with E-state index in [4.69, 9.17) is 4.74 Å². The van der Waals surface area contributed by atoms with Gasteiger partial charge in [-0.2, -0.15) is 0 Å². The third-order valence-corrected chi connectivity index (χ3v) is 4.89. The van der Waals surface area contributed by atoms with Gasteiger partial charge in [-0.15, -0.1) is 24.8 Å². The normalized spacial score (nSPS) is 25.8. The summed E-state index contributed by atoms with van der Waals surface area (Å²) in [4.78, 5) is 14.4. The molecule has 0 saturated carbocycles. The number of nitrogens with one attached hydrogen (secondary N) is 2. The monoisotopic (exact) mass is 425 g/mol. The maximum Gasteiger partial charge on any atom is 0.240 e. The summed E-state index contributed by atoms with van der Waals surface area (Å²) in [5.74, 6) is -1.12. The number of likely N-dealkylation sites (tertiary alicyclic amines) is 1. The van der Waals surface area contributed by atoms with E-state index < -0.39 is 11.6 Å². The largest absolute Gasteiger partial charge is 0.375 e. The van der Waals surface area contributed by atoms with E-state index in [2.05, 4.69) is 10.6 Å². The Morgan fingerprint density at radius 3 is 2.70 bits per heavy atom. The molecule has 0 aliphatic carbocycles. The van der Waals surface area contributed by atoms with Crippen molar-refractivity contribution in [3.8, 4) is 0 Å². The number of ether oxygens (including phenoxy) is 1. The fourth-order valence-corrected chi connectivity index (χ4v) is 3.54. The maximum absolute atomic E-state index is 13.8. The molecule has 27 heavy (non-hydrogen) atoms. The predicted molar refractivity (Wildman–Crippen MR) is 105 cm³/mol. The molecule has 3 atom stereocenters. The van der Waals surface area contributed by atoms with Gasteiger partial charge >= 0.3 is 0 Å². The van der Waals surface area contributed by atoms with E-state index in [1.54, 1.807) is 0 Å². The lowest BCUT2D eigenvalue weighted by Crippen LogP contribution is -2.58. The van der Waals surface area contributed by atoms with Crippen LogP contribution in [0.3, 0.4) is 0 Å². The lowest BCUT2D eigenvalue weighted by molar-refractivity contribution is -0.130. The van der Waals surface area contributed by atoms with E-state index in [0.29, 0.717) is 19.7 Å². The summed E-state index contributed by atoms with van der Waals surface area (Å²) in [5.41, 5.74) is 0.0884. The van der Waals surface area contributed by atoms with Crippen LogP contribution >= 0.6 is 24.8 Å². The second-order valence-electron chi connectivity index (χ2n) is 6.79. The molecule has 1 amide bonds. The van der Waals surface area contributed by atoms with Gasteiger partial charge in [0.2, 0.25) is 5.91 Å². The number of carbonyl (C=O) groups is 1. The second-order valence-corrected chi connectivity index (χ2v) is 6.79. The Labute approximate surface area is 171 Å². The zero-order valence-electron chi connectivity index (χ0n) is 15.2. The highest BCUT2D eigenvalue weighted by Crippen LogP contribution is 2.18. The molecule has 0 radical (unpaired) electrons. The third-order valence-electron chi connectivity index (χ3n) is 4.89. The highest BCUT2D eigenvalue weighted by Gasteiger charge is 2.31. The van der Waals surface area contributed by atoms with E-state index in [1.807, 2.05) is 11.8 Å². The molecule has 9 heteroatoms. The van der Waals surface area contributed by atoms with E-state index >= 15 is 0 Å². The van der Waals surface area contributed by atoms with Crippen LogP contribution in [0, 0.1) is 11.6 Å². The molecule has 1 unspecified atom stereocenters. The maximum atomic E-state index is 13.8. The van der Waals surface area contributed by atoms with Crippen LogP contribution in [0.5, 0.6) is 0 Å². The van der Waals surface area contributed by atoms with Crippen molar-refractivity contribution in [2.24, 2.45) is 0 Å². The van der Waals surface area contributed by atoms with Crippen molar-refractivity contribution < 1.29 is 18.3 Å². The fraction of sp³-hybridized carbons (Fsp3) is 0.611. The molecule has 2 heterocycles. The van der Waals surface area contributed by atoms with Crippen LogP contribution < -0.4 is 10.6 Å². The molecule has 154 valence electrons. The number of rotatable bonds is 4. The average Bonchev–Trinajstić information content (AvgIpc) is 2.59. The fourth-order valence-electron chi connectivity index (χ4n) is 3.54. The standard InChI is InChI=1S/C18H25F2N3O2.2ClH/c1-12-17(21-7-9-25-12)18(24)22-13-4-3-8-23(10-13)11-14-15(19)5-2-6-16(14)20;;/h2,5-6,12-13,17,21H,3-4,7-11H2,1H3,(H,22,24);2*1H/t12-,13?,17+;;/m1../s1. The molecule has 2 N–H and O–H groups in total. The molecule has 1 aromatic rings. The van der Waals surface area contributed by atoms with Crippen LogP contribution in [0.1, 0.15) is 25.3 Å². The van der Waals surface area contributed by atoms with Gasteiger partial charge in [0.1, 0.15) is 17.7 Å². The number of halogens is 4. The molecule has 2 fully saturated rings. The van der Waals surface area contributed by atoms with Crippen molar-refractivity contribution in [2.75, 3.05) is 26.2 Å². The number of nitrogens with zero attached hydrogens (tertiary/aromatic N) is 1. The molecular weight excluding hydrogens is 399 g/mol. The molecule has 3 rings (SSSR count). The van der Waals surface area contributed by atoms with Crippen LogP contribution in [0.4, 0.5) is 8.78 Å². The van der Waals surface area contributed by atoms with Gasteiger partial charge in [0, 0.05) is 31.2 Å². The third kappa shape index (κ3) is 6.26. The molecule has 0 bridgehead atoms. The van der Waals surface area contributed by atoms with Crippen LogP contribution in [-0.2, 0) is 16.1 Å². The average molecular weight is 426 g/mol. The Morgan fingerprint density at radius 2 is 2.04 bits per heavy atom. The highest BCUT2D eigenvalue weighted by atomic mass is 35.5. The predicted octanol–water partition coefficient (Wildman–Crippen LogP) is 2.27. The van der Waals surface area contributed by atoms with Gasteiger partial charge in [0.25, 0.3) is 0 Å². The summed E-state index contributed by atoms with van der Waals surface area (Å²) >= 11 is 0. The molecule has 5 nitrogen and oxygen atoms in total. The van der Waals surface area contributed by atoms with E-state index in [9.17, 15) is 13.6 Å². The van der Waals surface area contributed by atoms with Gasteiger partial charge in [-0.1, -0.05) is 6.07 Å². The minimum absolute atomic E-state index is 0. The molecule has 2 saturated heterocycles. The minimum atomic E-state index is -0.525. The topological polar surface area (TPSA) is 53.6 Å². The smallest absolute Gasteiger partial charge is 0.240 e. The number of morpholine rings is 1. The highest BCUT2D eigenvalue weighted by molar-refractivity contribution is 5.85. The Balaban J connectivity index is 0.00000182. The number of amides is 1. The van der Waals surface area contributed by atoms with Crippen molar-refractivity contribution >= 4 is 30.7 Å². The van der Waals surface area contributed by atoms with Gasteiger partial charge < -0.3 is 15.4 Å². The number of hydrogen-bond donors (Lipinski definition) is 2. The van der Waals surface area contributed by atoms with E-state index in [-0.39, 0.29) is 61.0 Å². The van der Waals surface area contributed by atoms with Gasteiger partial charge in [-0.25, -0.2) is 8.78 Å². The number of hydrogen-bond acceptors (Lipinski definition) is 4. The molecule has 2 aliphatic rings. The Bertz CT molecular complexity index is 604. The summed E-state index contributed by atoms with van der Waals surface area (Å²) in [5, 5.41) is 6.23. The quantitative estimate of drug-likeness (QED) is 0.776. The van der Waals surface area contributed by atoms with Crippen LogP contribution in [0.2, 0.25) is 0 Å². The molecule has 1 aromatic carbocycles. The molecular formula is C18H27Cl2F2N3O2. The number of benzene rings is 1. The summed E-state index contributed by atoms with van der Waals surface area (Å²) < 4.78 is 33.2. The lowest BCUT2D eigenvalue weighted by atomic mass is 10.0. The first-order valence-corrected chi connectivity index (χ1v) is 8.85. The number of piperidine rings is 1. The summed E-state index contributed by atoms with van der Waals surface area (Å²) in [7, 11) is 0. The minimum Gasteiger partial charge on any atom is -0.375 e. The first kappa shape index (κ1) is 24.0. The van der Waals surface area contributed by atoms with Crippen molar-refractivity contribution in [1.82, 2.24) is 15.5 Å². The number of carbonyl (C=O) groups excluding carboxylic acids is 1. The second kappa shape index (κ2) is 11.1. The molecule has 0 spiro atoms. The van der Waals surface area contributed by atoms with Crippen molar-refractivity contribution in [3.05, 3.63) is 35.4 Å². The van der Waals surface area contributed by atoms with Crippen LogP contribution in [0.15, 0.2) is 18.2 Å². The zero-order chi connectivity index (χ0) is 17.8. The van der Waals surface area contributed by atoms with Crippen molar-refractivity contribution in [3.63, 3.8) is 0 Å². The van der Waals surface area contributed by atoms with Gasteiger partial charge in [-0.3, -0.25) is 9.69 Å². The van der Waals surface area contributed by atoms with Gasteiger partial charge in [0.05, 0.1) is 12.7 Å². The Hall–Kier alpha value is -0.990. The van der Waals surface area contributed by atoms with E-state index in [1.165, 1.54) is 18.2 Å². The summed E-state index contributed by atoms with van der Waals surface area (Å²) in [6.07, 6.45) is 1.58. The molecule has 0 aromatic heterocycles. The summed E-state index contributed by atoms with van der Waals surface area (Å²) in [6.45, 7) is 4.71. The van der Waals surface area contributed by atoms with Gasteiger partial charge in [-0.05, 0) is 38.4 Å². The Kier molecular flexibility index (Phi) is 9.90. The van der Waals surface area contributed by atoms with Crippen LogP contribution in [-0.4, -0.2) is 55.2 Å². The van der Waals surface area contributed by atoms with Crippen molar-refractivity contribution in [2.45, 2.75) is 44.5 Å². The Morgan fingerprint density at radius 1 is 1.33 bits per heavy atom. The lowest BCUT2D eigenvalue weighted by Gasteiger charge is -2.35. The van der Waals surface area contributed by atoms with Crippen LogP contribution in [0.25, 0.3) is 0 Å². The first-order valence-electron chi connectivity index (χ1n) is 8.85. The summed E-state index contributed by atoms with van der Waals surface area (Å²) in [6, 6.07) is 3.55. The zero-order valence-corrected chi connectivity index (χ0v) is 16.9. The van der Waals surface area contributed by atoms with Gasteiger partial charge in [0.15, 0.2) is 0 Å². The first-order chi connectivity index (χ1) is 12.0. The SMILES string of the molecule is C[C@H]1OCCN[C@@H]1C(=O)NC1CCCN(Cc2c(F)cccc2F)C1.Cl.Cl. The van der Waals surface area contributed by atoms with Crippen molar-refractivity contribution in [1.29, 1.82) is 0 Å². The molecule has 2 aliphatic heterocycles. The van der Waals surface area contributed by atoms with E-state index in [0.717, 1.165) is 19.4 Å².